The maximum Gasteiger partial charge on any atom is 0.210 e. The Morgan fingerprint density at radius 3 is 2.95 bits per heavy atom. The fraction of sp³-hybridized carbons (Fsp3) is 0.357. The number of benzene rings is 1. The number of aromatic nitrogens is 2. The lowest BCUT2D eigenvalue weighted by Crippen LogP contribution is -2.07. The van der Waals surface area contributed by atoms with Crippen molar-refractivity contribution < 1.29 is 4.79 Å². The van der Waals surface area contributed by atoms with E-state index in [1.807, 2.05) is 18.2 Å². The van der Waals surface area contributed by atoms with Crippen molar-refractivity contribution >= 4 is 39.7 Å². The van der Waals surface area contributed by atoms with Gasteiger partial charge in [0.25, 0.3) is 0 Å². The van der Waals surface area contributed by atoms with Crippen LogP contribution in [0.25, 0.3) is 0 Å². The molecular weight excluding hydrogens is 290 g/mol. The van der Waals surface area contributed by atoms with E-state index < -0.39 is 0 Å². The maximum absolute atomic E-state index is 11.6. The highest BCUT2D eigenvalue weighted by Gasteiger charge is 2.26. The zero-order valence-corrected chi connectivity index (χ0v) is 12.8. The number of hydrogen-bond acceptors (Lipinski definition) is 6. The molecule has 20 heavy (non-hydrogen) atoms. The molecule has 1 heterocycles. The molecule has 1 atom stereocenters. The van der Waals surface area contributed by atoms with Gasteiger partial charge < -0.3 is 5.32 Å². The molecule has 2 aromatic rings. The van der Waals surface area contributed by atoms with Gasteiger partial charge >= 0.3 is 0 Å². The van der Waals surface area contributed by atoms with Gasteiger partial charge in [-0.25, -0.2) is 0 Å². The van der Waals surface area contributed by atoms with Gasteiger partial charge in [-0.2, -0.15) is 0 Å². The van der Waals surface area contributed by atoms with E-state index in [1.54, 1.807) is 11.8 Å². The van der Waals surface area contributed by atoms with Crippen LogP contribution >= 0.6 is 23.1 Å². The molecule has 1 saturated carbocycles. The van der Waals surface area contributed by atoms with Gasteiger partial charge in [0.15, 0.2) is 4.34 Å². The first kappa shape index (κ1) is 13.6. The summed E-state index contributed by atoms with van der Waals surface area (Å²) >= 11 is 3.05. The number of ketones is 1. The van der Waals surface area contributed by atoms with Crippen LogP contribution in [0.1, 0.15) is 24.8 Å². The van der Waals surface area contributed by atoms with E-state index in [4.69, 9.17) is 0 Å². The van der Waals surface area contributed by atoms with E-state index in [1.165, 1.54) is 16.9 Å². The molecule has 6 heteroatoms. The van der Waals surface area contributed by atoms with Gasteiger partial charge in [0.05, 0.1) is 5.25 Å². The molecule has 3 rings (SSSR count). The standard InChI is InChI=1S/C14H15N3OS2/c1-9-5-2-3-6-10(9)15-13-16-17-14(20-13)19-12-8-4-7-11(12)18/h2-3,5-6,12H,4,7-8H2,1H3,(H,15,16)/t12-/m1/s1. The van der Waals surface area contributed by atoms with Crippen LogP contribution in [0.5, 0.6) is 0 Å². The second kappa shape index (κ2) is 5.93. The SMILES string of the molecule is Cc1ccccc1Nc1nnc(S[C@@H]2CCCC2=O)s1. The lowest BCUT2D eigenvalue weighted by molar-refractivity contribution is -0.116. The van der Waals surface area contributed by atoms with Crippen LogP contribution < -0.4 is 5.32 Å². The van der Waals surface area contributed by atoms with Crippen LogP contribution in [0.15, 0.2) is 28.6 Å². The molecule has 1 aliphatic carbocycles. The van der Waals surface area contributed by atoms with Crippen molar-refractivity contribution in [3.05, 3.63) is 29.8 Å². The van der Waals surface area contributed by atoms with Crippen LogP contribution in [0.3, 0.4) is 0 Å². The average molecular weight is 305 g/mol. The summed E-state index contributed by atoms with van der Waals surface area (Å²) in [5.74, 6) is 0.346. The summed E-state index contributed by atoms with van der Waals surface area (Å²) < 4.78 is 0.862. The molecule has 0 radical (unpaired) electrons. The van der Waals surface area contributed by atoms with Gasteiger partial charge in [-0.3, -0.25) is 4.79 Å². The van der Waals surface area contributed by atoms with Crippen LogP contribution in [0.4, 0.5) is 10.8 Å². The predicted octanol–water partition coefficient (Wildman–Crippen LogP) is 3.80. The second-order valence-electron chi connectivity index (χ2n) is 4.78. The lowest BCUT2D eigenvalue weighted by atomic mass is 10.2. The first-order valence-corrected chi connectivity index (χ1v) is 8.27. The normalized spacial score (nSPS) is 18.4. The minimum atomic E-state index is 0.0780. The van der Waals surface area contributed by atoms with Gasteiger partial charge in [-0.15, -0.1) is 10.2 Å². The number of rotatable bonds is 4. The number of hydrogen-bond donors (Lipinski definition) is 1. The molecule has 0 saturated heterocycles. The van der Waals surface area contributed by atoms with Gasteiger partial charge in [0.1, 0.15) is 5.78 Å². The largest absolute Gasteiger partial charge is 0.330 e. The highest BCUT2D eigenvalue weighted by molar-refractivity contribution is 8.02. The van der Waals surface area contributed by atoms with E-state index in [9.17, 15) is 4.79 Å². The summed E-state index contributed by atoms with van der Waals surface area (Å²) in [5, 5.41) is 12.4. The van der Waals surface area contributed by atoms with Gasteiger partial charge in [-0.05, 0) is 31.4 Å². The van der Waals surface area contributed by atoms with Crippen LogP contribution in [0.2, 0.25) is 0 Å². The van der Waals surface area contributed by atoms with E-state index in [0.717, 1.165) is 28.0 Å². The van der Waals surface area contributed by atoms with Gasteiger partial charge in [0.2, 0.25) is 5.13 Å². The first-order chi connectivity index (χ1) is 9.72. The van der Waals surface area contributed by atoms with E-state index in [0.29, 0.717) is 12.2 Å². The smallest absolute Gasteiger partial charge is 0.210 e. The molecule has 1 aromatic heterocycles. The Kier molecular flexibility index (Phi) is 4.03. The number of aryl methyl sites for hydroxylation is 1. The molecule has 0 bridgehead atoms. The summed E-state index contributed by atoms with van der Waals surface area (Å²) in [6, 6.07) is 8.07. The maximum atomic E-state index is 11.6. The van der Waals surface area contributed by atoms with Crippen molar-refractivity contribution in [2.75, 3.05) is 5.32 Å². The third kappa shape index (κ3) is 3.02. The van der Waals surface area contributed by atoms with Gasteiger partial charge in [-0.1, -0.05) is 41.3 Å². The molecule has 1 fully saturated rings. The summed E-state index contributed by atoms with van der Waals surface area (Å²) in [7, 11) is 0. The monoisotopic (exact) mass is 305 g/mol. The van der Waals surface area contributed by atoms with E-state index >= 15 is 0 Å². The Morgan fingerprint density at radius 1 is 1.35 bits per heavy atom. The Balaban J connectivity index is 1.68. The number of carbonyl (C=O) groups is 1. The zero-order chi connectivity index (χ0) is 13.9. The molecule has 1 aromatic carbocycles. The fourth-order valence-corrected chi connectivity index (χ4v) is 4.30. The molecule has 4 nitrogen and oxygen atoms in total. The lowest BCUT2D eigenvalue weighted by Gasteiger charge is -2.05. The predicted molar refractivity (Wildman–Crippen MR) is 82.9 cm³/mol. The number of Topliss-reactive ketones (excluding diaryl/α,β-unsaturated/α-hetero) is 1. The Hall–Kier alpha value is -1.40. The third-order valence-corrected chi connectivity index (χ3v) is 5.52. The van der Waals surface area contributed by atoms with Crippen molar-refractivity contribution in [3.8, 4) is 0 Å². The van der Waals surface area contributed by atoms with Crippen molar-refractivity contribution in [1.29, 1.82) is 0 Å². The number of para-hydroxylation sites is 1. The van der Waals surface area contributed by atoms with Crippen molar-refractivity contribution in [1.82, 2.24) is 10.2 Å². The summed E-state index contributed by atoms with van der Waals surface area (Å²) in [4.78, 5) is 11.6. The van der Waals surface area contributed by atoms with Crippen molar-refractivity contribution in [2.24, 2.45) is 0 Å². The van der Waals surface area contributed by atoms with Crippen molar-refractivity contribution in [3.63, 3.8) is 0 Å². The fourth-order valence-electron chi connectivity index (χ4n) is 2.17. The second-order valence-corrected chi connectivity index (χ2v) is 7.21. The van der Waals surface area contributed by atoms with E-state index in [-0.39, 0.29) is 5.25 Å². The summed E-state index contributed by atoms with van der Waals surface area (Å²) in [5.41, 5.74) is 2.21. The van der Waals surface area contributed by atoms with E-state index in [2.05, 4.69) is 28.5 Å². The molecule has 0 unspecified atom stereocenters. The van der Waals surface area contributed by atoms with Crippen LogP contribution in [-0.2, 0) is 4.79 Å². The number of carbonyl (C=O) groups excluding carboxylic acids is 1. The number of nitrogens with zero attached hydrogens (tertiary/aromatic N) is 2. The highest BCUT2D eigenvalue weighted by atomic mass is 32.2. The summed E-state index contributed by atoms with van der Waals surface area (Å²) in [6.45, 7) is 2.05. The molecule has 0 aliphatic heterocycles. The molecule has 1 N–H and O–H groups in total. The highest BCUT2D eigenvalue weighted by Crippen LogP contribution is 2.36. The Labute approximate surface area is 126 Å². The zero-order valence-electron chi connectivity index (χ0n) is 11.1. The Morgan fingerprint density at radius 2 is 2.20 bits per heavy atom. The molecular formula is C14H15N3OS2. The average Bonchev–Trinajstić information content (AvgIpc) is 3.03. The minimum Gasteiger partial charge on any atom is -0.330 e. The summed E-state index contributed by atoms with van der Waals surface area (Å²) in [6.07, 6.45) is 2.68. The van der Waals surface area contributed by atoms with Gasteiger partial charge in [0, 0.05) is 12.1 Å². The van der Waals surface area contributed by atoms with Crippen molar-refractivity contribution in [2.45, 2.75) is 35.8 Å². The molecule has 1 aliphatic rings. The number of nitrogens with one attached hydrogen (secondary N) is 1. The van der Waals surface area contributed by atoms with Crippen LogP contribution in [-0.4, -0.2) is 21.2 Å². The number of anilines is 2. The molecule has 0 spiro atoms. The quantitative estimate of drug-likeness (QED) is 0.931. The number of thioether (sulfide) groups is 1. The minimum absolute atomic E-state index is 0.0780. The first-order valence-electron chi connectivity index (χ1n) is 6.58. The Bertz CT molecular complexity index is 626. The topological polar surface area (TPSA) is 54.9 Å². The molecule has 0 amide bonds. The molecule has 104 valence electrons. The third-order valence-electron chi connectivity index (χ3n) is 3.28. The van der Waals surface area contributed by atoms with Crippen LogP contribution in [0, 0.1) is 6.92 Å².